The Hall–Kier alpha value is -0.830. The van der Waals surface area contributed by atoms with Gasteiger partial charge in [0.15, 0.2) is 0 Å². The van der Waals surface area contributed by atoms with Crippen LogP contribution < -0.4 is 5.32 Å². The van der Waals surface area contributed by atoms with Crippen molar-refractivity contribution in [3.63, 3.8) is 0 Å². The Balaban J connectivity index is 1.92. The van der Waals surface area contributed by atoms with Crippen LogP contribution in [0.4, 0.5) is 0 Å². The maximum Gasteiger partial charge on any atom is 0.0953 e. The first-order chi connectivity index (χ1) is 7.86. The molecule has 16 heavy (non-hydrogen) atoms. The number of hydrogen-bond acceptors (Lipinski definition) is 2. The predicted octanol–water partition coefficient (Wildman–Crippen LogP) is 2.25. The number of imidazole rings is 1. The SMILES string of the molecule is CCC1(n2cncc2C2CCNC2)CCC1. The summed E-state index contributed by atoms with van der Waals surface area (Å²) in [5.41, 5.74) is 1.88. The van der Waals surface area contributed by atoms with Gasteiger partial charge in [0.25, 0.3) is 0 Å². The van der Waals surface area contributed by atoms with E-state index in [2.05, 4.69) is 34.3 Å². The summed E-state index contributed by atoms with van der Waals surface area (Å²) in [6, 6.07) is 0. The number of nitrogens with one attached hydrogen (secondary N) is 1. The number of rotatable bonds is 3. The first kappa shape index (κ1) is 10.3. The second-order valence-electron chi connectivity index (χ2n) is 5.31. The molecule has 1 saturated heterocycles. The van der Waals surface area contributed by atoms with Crippen molar-refractivity contribution >= 4 is 0 Å². The molecular formula is C13H21N3. The third-order valence-corrected chi connectivity index (χ3v) is 4.60. The van der Waals surface area contributed by atoms with Crippen LogP contribution in [0.25, 0.3) is 0 Å². The quantitative estimate of drug-likeness (QED) is 0.845. The van der Waals surface area contributed by atoms with E-state index in [0.29, 0.717) is 11.5 Å². The second-order valence-corrected chi connectivity index (χ2v) is 5.31. The van der Waals surface area contributed by atoms with Crippen LogP contribution in [-0.4, -0.2) is 22.6 Å². The van der Waals surface area contributed by atoms with Crippen molar-refractivity contribution in [2.24, 2.45) is 0 Å². The molecule has 0 bridgehead atoms. The smallest absolute Gasteiger partial charge is 0.0953 e. The van der Waals surface area contributed by atoms with Gasteiger partial charge in [-0.15, -0.1) is 0 Å². The van der Waals surface area contributed by atoms with E-state index in [1.54, 1.807) is 0 Å². The van der Waals surface area contributed by atoms with Gasteiger partial charge in [0, 0.05) is 29.9 Å². The van der Waals surface area contributed by atoms with Gasteiger partial charge in [-0.2, -0.15) is 0 Å². The van der Waals surface area contributed by atoms with Gasteiger partial charge in [0.1, 0.15) is 0 Å². The molecule has 1 aliphatic carbocycles. The summed E-state index contributed by atoms with van der Waals surface area (Å²) < 4.78 is 2.49. The van der Waals surface area contributed by atoms with Gasteiger partial charge in [0.2, 0.25) is 0 Å². The molecule has 3 heteroatoms. The van der Waals surface area contributed by atoms with Crippen LogP contribution in [-0.2, 0) is 5.54 Å². The van der Waals surface area contributed by atoms with E-state index in [0.717, 1.165) is 13.1 Å². The Morgan fingerprint density at radius 2 is 2.44 bits per heavy atom. The molecule has 1 unspecified atom stereocenters. The average molecular weight is 219 g/mol. The standard InChI is InChI=1S/C13H21N3/c1-2-13(5-3-6-13)16-10-15-9-12(16)11-4-7-14-8-11/h9-11,14H,2-8H2,1H3. The maximum atomic E-state index is 4.40. The summed E-state index contributed by atoms with van der Waals surface area (Å²) in [4.78, 5) is 4.40. The van der Waals surface area contributed by atoms with Gasteiger partial charge in [-0.3, -0.25) is 0 Å². The van der Waals surface area contributed by atoms with Crippen LogP contribution in [0.3, 0.4) is 0 Å². The Kier molecular flexibility index (Phi) is 2.51. The van der Waals surface area contributed by atoms with Gasteiger partial charge in [-0.05, 0) is 38.6 Å². The molecule has 1 saturated carbocycles. The fourth-order valence-corrected chi connectivity index (χ4v) is 3.26. The van der Waals surface area contributed by atoms with E-state index in [1.165, 1.54) is 37.8 Å². The summed E-state index contributed by atoms with van der Waals surface area (Å²) in [6.45, 7) is 4.61. The molecule has 0 spiro atoms. The molecule has 88 valence electrons. The van der Waals surface area contributed by atoms with Gasteiger partial charge >= 0.3 is 0 Å². The Bertz CT molecular complexity index is 353. The van der Waals surface area contributed by atoms with Gasteiger partial charge in [-0.25, -0.2) is 4.98 Å². The van der Waals surface area contributed by atoms with E-state index in [4.69, 9.17) is 0 Å². The number of hydrogen-bond donors (Lipinski definition) is 1. The van der Waals surface area contributed by atoms with Crippen LogP contribution in [0.15, 0.2) is 12.5 Å². The van der Waals surface area contributed by atoms with E-state index in [1.807, 2.05) is 0 Å². The Labute approximate surface area is 97.3 Å². The van der Waals surface area contributed by atoms with E-state index in [9.17, 15) is 0 Å². The summed E-state index contributed by atoms with van der Waals surface area (Å²) >= 11 is 0. The highest BCUT2D eigenvalue weighted by atomic mass is 15.1. The molecule has 1 aromatic rings. The zero-order valence-corrected chi connectivity index (χ0v) is 10.1. The first-order valence-corrected chi connectivity index (χ1v) is 6.59. The van der Waals surface area contributed by atoms with Crippen molar-refractivity contribution in [1.29, 1.82) is 0 Å². The molecule has 0 radical (unpaired) electrons. The monoisotopic (exact) mass is 219 g/mol. The van der Waals surface area contributed by atoms with Crippen molar-refractivity contribution in [1.82, 2.24) is 14.9 Å². The summed E-state index contributed by atoms with van der Waals surface area (Å²) in [5, 5.41) is 3.45. The molecule has 2 fully saturated rings. The van der Waals surface area contributed by atoms with Gasteiger partial charge in [0.05, 0.1) is 6.33 Å². The fraction of sp³-hybridized carbons (Fsp3) is 0.769. The minimum absolute atomic E-state index is 0.411. The van der Waals surface area contributed by atoms with Crippen molar-refractivity contribution in [3.8, 4) is 0 Å². The molecule has 1 N–H and O–H groups in total. The second kappa shape index (κ2) is 3.88. The molecule has 1 atom stereocenters. The molecular weight excluding hydrogens is 198 g/mol. The Morgan fingerprint density at radius 3 is 3.00 bits per heavy atom. The zero-order valence-electron chi connectivity index (χ0n) is 10.1. The van der Waals surface area contributed by atoms with E-state index in [-0.39, 0.29) is 0 Å². The molecule has 1 aromatic heterocycles. The van der Waals surface area contributed by atoms with Crippen LogP contribution >= 0.6 is 0 Å². The third-order valence-electron chi connectivity index (χ3n) is 4.60. The molecule has 3 rings (SSSR count). The normalized spacial score (nSPS) is 27.9. The van der Waals surface area contributed by atoms with Crippen molar-refractivity contribution in [2.75, 3.05) is 13.1 Å². The largest absolute Gasteiger partial charge is 0.328 e. The lowest BCUT2D eigenvalue weighted by atomic mass is 9.74. The third kappa shape index (κ3) is 1.41. The van der Waals surface area contributed by atoms with Gasteiger partial charge in [-0.1, -0.05) is 6.92 Å². The van der Waals surface area contributed by atoms with Crippen molar-refractivity contribution in [2.45, 2.75) is 50.5 Å². The lowest BCUT2D eigenvalue weighted by Crippen LogP contribution is -2.40. The number of aromatic nitrogens is 2. The lowest BCUT2D eigenvalue weighted by Gasteiger charge is -2.44. The highest BCUT2D eigenvalue weighted by Gasteiger charge is 2.39. The molecule has 1 aliphatic heterocycles. The predicted molar refractivity (Wildman–Crippen MR) is 64.6 cm³/mol. The molecule has 0 aromatic carbocycles. The Morgan fingerprint density at radius 1 is 1.56 bits per heavy atom. The van der Waals surface area contributed by atoms with Crippen LogP contribution in [0.5, 0.6) is 0 Å². The van der Waals surface area contributed by atoms with E-state index < -0.39 is 0 Å². The molecule has 2 heterocycles. The number of nitrogens with zero attached hydrogens (tertiary/aromatic N) is 2. The van der Waals surface area contributed by atoms with Crippen LogP contribution in [0.1, 0.15) is 50.6 Å². The van der Waals surface area contributed by atoms with Crippen molar-refractivity contribution in [3.05, 3.63) is 18.2 Å². The first-order valence-electron chi connectivity index (χ1n) is 6.59. The average Bonchev–Trinajstić information content (AvgIpc) is 2.85. The topological polar surface area (TPSA) is 29.9 Å². The molecule has 3 nitrogen and oxygen atoms in total. The summed E-state index contributed by atoms with van der Waals surface area (Å²) in [7, 11) is 0. The van der Waals surface area contributed by atoms with Crippen molar-refractivity contribution < 1.29 is 0 Å². The fourth-order valence-electron chi connectivity index (χ4n) is 3.26. The summed E-state index contributed by atoms with van der Waals surface area (Å²) in [5.74, 6) is 0.687. The highest BCUT2D eigenvalue weighted by Crippen LogP contribution is 2.43. The van der Waals surface area contributed by atoms with E-state index >= 15 is 0 Å². The maximum absolute atomic E-state index is 4.40. The summed E-state index contributed by atoms with van der Waals surface area (Å²) in [6.07, 6.45) is 10.7. The minimum Gasteiger partial charge on any atom is -0.328 e. The zero-order chi connectivity index (χ0) is 11.0. The molecule has 0 amide bonds. The minimum atomic E-state index is 0.411. The highest BCUT2D eigenvalue weighted by molar-refractivity contribution is 5.14. The van der Waals surface area contributed by atoms with Gasteiger partial charge < -0.3 is 9.88 Å². The van der Waals surface area contributed by atoms with Crippen LogP contribution in [0, 0.1) is 0 Å². The van der Waals surface area contributed by atoms with Crippen LogP contribution in [0.2, 0.25) is 0 Å². The molecule has 2 aliphatic rings. The lowest BCUT2D eigenvalue weighted by molar-refractivity contribution is 0.131.